The monoisotopic (exact) mass is 423 g/mol. The highest BCUT2D eigenvalue weighted by atomic mass is 35.5. The lowest BCUT2D eigenvalue weighted by Crippen LogP contribution is -2.44. The third-order valence-corrected chi connectivity index (χ3v) is 6.47. The van der Waals surface area contributed by atoms with Crippen molar-refractivity contribution in [3.63, 3.8) is 0 Å². The number of carbonyl (C=O) groups is 1. The van der Waals surface area contributed by atoms with Crippen LogP contribution in [-0.4, -0.2) is 50.8 Å². The summed E-state index contributed by atoms with van der Waals surface area (Å²) in [5.41, 5.74) is 0. The smallest absolute Gasteiger partial charge is 0.223 e. The highest BCUT2D eigenvalue weighted by Crippen LogP contribution is 2.31. The second-order valence-electron chi connectivity index (χ2n) is 6.45. The molecule has 1 aliphatic heterocycles. The van der Waals surface area contributed by atoms with Gasteiger partial charge in [-0.05, 0) is 43.3 Å². The maximum atomic E-state index is 12.6. The van der Waals surface area contributed by atoms with E-state index in [-0.39, 0.29) is 29.1 Å². The number of benzene rings is 2. The molecule has 0 aliphatic carbocycles. The number of fused-ring (bicyclic) bond motifs is 1. The molecule has 8 heteroatoms. The van der Waals surface area contributed by atoms with Crippen LogP contribution in [0.1, 0.15) is 13.3 Å². The summed E-state index contributed by atoms with van der Waals surface area (Å²) in [5, 5.41) is 0.462. The van der Waals surface area contributed by atoms with Gasteiger partial charge in [0.25, 0.3) is 0 Å². The van der Waals surface area contributed by atoms with E-state index in [0.717, 1.165) is 0 Å². The normalized spacial score (nSPS) is 15.9. The van der Waals surface area contributed by atoms with E-state index in [0.29, 0.717) is 36.2 Å². The fraction of sp³-hybridized carbons (Fsp3) is 0.350. The summed E-state index contributed by atoms with van der Waals surface area (Å²) in [7, 11) is -3.55. The molecule has 0 aromatic heterocycles. The molecule has 0 bridgehead atoms. The molecule has 0 saturated carbocycles. The average molecular weight is 424 g/mol. The van der Waals surface area contributed by atoms with Crippen LogP contribution in [0.15, 0.2) is 53.4 Å². The summed E-state index contributed by atoms with van der Waals surface area (Å²) < 4.78 is 36.4. The molecule has 0 fully saturated rings. The zero-order chi connectivity index (χ0) is 20.1. The first-order valence-electron chi connectivity index (χ1n) is 9.03. The molecule has 6 nitrogen and oxygen atoms in total. The Kier molecular flexibility index (Phi) is 6.46. The van der Waals surface area contributed by atoms with Crippen LogP contribution < -0.4 is 9.47 Å². The zero-order valence-electron chi connectivity index (χ0n) is 15.5. The van der Waals surface area contributed by atoms with E-state index in [1.165, 1.54) is 24.3 Å². The fourth-order valence-electron chi connectivity index (χ4n) is 2.95. The number of likely N-dealkylation sites (N-methyl/N-ethyl adjacent to an activating group) is 1. The topological polar surface area (TPSA) is 72.9 Å². The number of nitrogens with zero attached hydrogens (tertiary/aromatic N) is 1. The Morgan fingerprint density at radius 1 is 1.14 bits per heavy atom. The first-order valence-corrected chi connectivity index (χ1v) is 11.1. The van der Waals surface area contributed by atoms with Crippen molar-refractivity contribution < 1.29 is 22.7 Å². The van der Waals surface area contributed by atoms with Crippen molar-refractivity contribution in [3.05, 3.63) is 53.6 Å². The maximum absolute atomic E-state index is 12.6. The second kappa shape index (κ2) is 8.84. The lowest BCUT2D eigenvalue weighted by molar-refractivity contribution is -0.132. The molecular formula is C20H22ClNO5S. The Bertz CT molecular complexity index is 930. The maximum Gasteiger partial charge on any atom is 0.223 e. The molecule has 1 aliphatic rings. The summed E-state index contributed by atoms with van der Waals surface area (Å²) in [6.45, 7) is 2.99. The van der Waals surface area contributed by atoms with Gasteiger partial charge in [0.2, 0.25) is 5.91 Å². The van der Waals surface area contributed by atoms with Crippen LogP contribution in [0.25, 0.3) is 0 Å². The molecule has 1 unspecified atom stereocenters. The van der Waals surface area contributed by atoms with Gasteiger partial charge in [0.1, 0.15) is 6.61 Å². The molecule has 150 valence electrons. The van der Waals surface area contributed by atoms with Gasteiger partial charge in [0, 0.05) is 18.0 Å². The minimum Gasteiger partial charge on any atom is -0.486 e. The molecule has 1 heterocycles. The summed E-state index contributed by atoms with van der Waals surface area (Å²) in [6, 6.07) is 13.3. The number of carbonyl (C=O) groups excluding carboxylic acids is 1. The molecule has 2 aromatic rings. The number of sulfone groups is 1. The molecule has 0 N–H and O–H groups in total. The van der Waals surface area contributed by atoms with Crippen LogP contribution in [0.5, 0.6) is 11.5 Å². The summed E-state index contributed by atoms with van der Waals surface area (Å²) in [4.78, 5) is 14.3. The highest BCUT2D eigenvalue weighted by molar-refractivity contribution is 7.91. The number of amides is 1. The summed E-state index contributed by atoms with van der Waals surface area (Å²) in [6.07, 6.45) is -0.394. The van der Waals surface area contributed by atoms with Crippen molar-refractivity contribution in [3.8, 4) is 11.5 Å². The molecule has 28 heavy (non-hydrogen) atoms. The van der Waals surface area contributed by atoms with Crippen molar-refractivity contribution in [1.29, 1.82) is 0 Å². The van der Waals surface area contributed by atoms with Gasteiger partial charge in [-0.25, -0.2) is 8.42 Å². The standard InChI is InChI=1S/C20H22ClNO5S/c1-2-22(13-16-14-26-18-5-3-4-6-19(18)27-16)20(23)11-12-28(24,25)17-9-7-15(21)8-10-17/h3-10,16H,2,11-14H2,1H3. The molecule has 0 radical (unpaired) electrons. The Hall–Kier alpha value is -2.25. The predicted octanol–water partition coefficient (Wildman–Crippen LogP) is 3.19. The van der Waals surface area contributed by atoms with Gasteiger partial charge >= 0.3 is 0 Å². The van der Waals surface area contributed by atoms with Gasteiger partial charge in [-0.15, -0.1) is 0 Å². The molecule has 1 amide bonds. The van der Waals surface area contributed by atoms with E-state index in [2.05, 4.69) is 0 Å². The SMILES string of the molecule is CCN(CC1COc2ccccc2O1)C(=O)CCS(=O)(=O)c1ccc(Cl)cc1. The van der Waals surface area contributed by atoms with Gasteiger partial charge in [-0.2, -0.15) is 0 Å². The molecular weight excluding hydrogens is 402 g/mol. The van der Waals surface area contributed by atoms with Crippen molar-refractivity contribution in [2.75, 3.05) is 25.4 Å². The quantitative estimate of drug-likeness (QED) is 0.683. The van der Waals surface area contributed by atoms with Crippen molar-refractivity contribution in [2.45, 2.75) is 24.3 Å². The molecule has 1 atom stereocenters. The molecule has 0 spiro atoms. The van der Waals surface area contributed by atoms with Crippen LogP contribution in [0.3, 0.4) is 0 Å². The number of hydrogen-bond acceptors (Lipinski definition) is 5. The van der Waals surface area contributed by atoms with Crippen LogP contribution in [0, 0.1) is 0 Å². The Labute approximate surface area is 169 Å². The lowest BCUT2D eigenvalue weighted by Gasteiger charge is -2.31. The molecule has 2 aromatic carbocycles. The third-order valence-electron chi connectivity index (χ3n) is 4.48. The lowest BCUT2D eigenvalue weighted by atomic mass is 10.2. The number of ether oxygens (including phenoxy) is 2. The Balaban J connectivity index is 1.57. The number of para-hydroxylation sites is 2. The van der Waals surface area contributed by atoms with Crippen LogP contribution in [0.2, 0.25) is 5.02 Å². The highest BCUT2D eigenvalue weighted by Gasteiger charge is 2.26. The van der Waals surface area contributed by atoms with Crippen LogP contribution >= 0.6 is 11.6 Å². The third kappa shape index (κ3) is 4.97. The number of rotatable bonds is 7. The van der Waals surface area contributed by atoms with Crippen LogP contribution in [-0.2, 0) is 14.6 Å². The van der Waals surface area contributed by atoms with Crippen molar-refractivity contribution in [1.82, 2.24) is 4.90 Å². The predicted molar refractivity (Wildman–Crippen MR) is 107 cm³/mol. The largest absolute Gasteiger partial charge is 0.486 e. The van der Waals surface area contributed by atoms with E-state index in [9.17, 15) is 13.2 Å². The summed E-state index contributed by atoms with van der Waals surface area (Å²) >= 11 is 5.80. The van der Waals surface area contributed by atoms with E-state index in [1.807, 2.05) is 31.2 Å². The van der Waals surface area contributed by atoms with Crippen molar-refractivity contribution >= 4 is 27.3 Å². The second-order valence-corrected chi connectivity index (χ2v) is 9.00. The zero-order valence-corrected chi connectivity index (χ0v) is 17.1. The first-order chi connectivity index (χ1) is 13.4. The van der Waals surface area contributed by atoms with Gasteiger partial charge in [-0.1, -0.05) is 23.7 Å². The Morgan fingerprint density at radius 2 is 1.82 bits per heavy atom. The number of hydrogen-bond donors (Lipinski definition) is 0. The molecule has 3 rings (SSSR count). The molecule has 0 saturated heterocycles. The number of halogens is 1. The van der Waals surface area contributed by atoms with Gasteiger partial charge in [0.05, 0.1) is 17.2 Å². The Morgan fingerprint density at radius 3 is 2.50 bits per heavy atom. The van der Waals surface area contributed by atoms with E-state index in [4.69, 9.17) is 21.1 Å². The minimum atomic E-state index is -3.55. The van der Waals surface area contributed by atoms with E-state index < -0.39 is 9.84 Å². The average Bonchev–Trinajstić information content (AvgIpc) is 2.70. The van der Waals surface area contributed by atoms with E-state index in [1.54, 1.807) is 4.90 Å². The minimum absolute atomic E-state index is 0.0943. The van der Waals surface area contributed by atoms with E-state index >= 15 is 0 Å². The fourth-order valence-corrected chi connectivity index (χ4v) is 4.30. The van der Waals surface area contributed by atoms with Gasteiger partial charge < -0.3 is 14.4 Å². The van der Waals surface area contributed by atoms with Gasteiger partial charge in [-0.3, -0.25) is 4.79 Å². The van der Waals surface area contributed by atoms with Crippen LogP contribution in [0.4, 0.5) is 0 Å². The van der Waals surface area contributed by atoms with Gasteiger partial charge in [0.15, 0.2) is 27.4 Å². The summed E-state index contributed by atoms with van der Waals surface area (Å²) in [5.74, 6) is 0.840. The first kappa shape index (κ1) is 20.5. The van der Waals surface area contributed by atoms with Crippen molar-refractivity contribution in [2.24, 2.45) is 0 Å².